The molecule has 1 aromatic carbocycles. The quantitative estimate of drug-likeness (QED) is 0.648. The van der Waals surface area contributed by atoms with Crippen LogP contribution < -0.4 is 15.4 Å². The predicted octanol–water partition coefficient (Wildman–Crippen LogP) is 1.73. The molecular formula is C21H33N3O2. The van der Waals surface area contributed by atoms with Crippen LogP contribution in [0.3, 0.4) is 0 Å². The van der Waals surface area contributed by atoms with Crippen LogP contribution in [0.5, 0.6) is 5.75 Å². The number of ether oxygens (including phenoxy) is 1. The van der Waals surface area contributed by atoms with Crippen molar-refractivity contribution in [1.29, 1.82) is 0 Å². The number of benzene rings is 1. The fraction of sp³-hybridized carbons (Fsp3) is 0.619. The van der Waals surface area contributed by atoms with Gasteiger partial charge in [0, 0.05) is 31.6 Å². The second kappa shape index (κ2) is 9.00. The number of hydrogen-bond acceptors (Lipinski definition) is 5. The second-order valence-electron chi connectivity index (χ2n) is 7.59. The molecule has 2 fully saturated rings. The van der Waals surface area contributed by atoms with Crippen LogP contribution in [0.15, 0.2) is 36.9 Å². The summed E-state index contributed by atoms with van der Waals surface area (Å²) in [6.45, 7) is 9.39. The van der Waals surface area contributed by atoms with Gasteiger partial charge in [-0.05, 0) is 56.6 Å². The fourth-order valence-electron chi connectivity index (χ4n) is 4.28. The number of nitrogens with one attached hydrogen (secondary N) is 2. The number of rotatable bonds is 7. The molecule has 3 N–H and O–H groups in total. The van der Waals surface area contributed by atoms with Gasteiger partial charge in [-0.2, -0.15) is 0 Å². The van der Waals surface area contributed by atoms with Crippen molar-refractivity contribution in [1.82, 2.24) is 15.5 Å². The Morgan fingerprint density at radius 2 is 2.04 bits per heavy atom. The zero-order valence-electron chi connectivity index (χ0n) is 15.9. The normalized spacial score (nSPS) is 28.0. The molecule has 26 heavy (non-hydrogen) atoms. The second-order valence-corrected chi connectivity index (χ2v) is 7.59. The summed E-state index contributed by atoms with van der Waals surface area (Å²) >= 11 is 0. The van der Waals surface area contributed by atoms with Crippen molar-refractivity contribution in [2.45, 2.75) is 30.9 Å². The van der Waals surface area contributed by atoms with E-state index in [0.717, 1.165) is 50.5 Å². The SMILES string of the molecule is C=CCNC1CCN(C[C@@H]2CCNC[C@]2(O)c2ccc(OC)cc2)CC1. The lowest BCUT2D eigenvalue weighted by atomic mass is 9.76. The number of β-amino-alcohol motifs (C(OH)–C–C–N with tert-alkyl or cyclic N) is 1. The summed E-state index contributed by atoms with van der Waals surface area (Å²) < 4.78 is 5.26. The lowest BCUT2D eigenvalue weighted by Gasteiger charge is -2.44. The molecule has 2 heterocycles. The molecule has 0 unspecified atom stereocenters. The third kappa shape index (κ3) is 4.46. The minimum atomic E-state index is -0.817. The first kappa shape index (κ1) is 19.4. The van der Waals surface area contributed by atoms with E-state index < -0.39 is 5.60 Å². The third-order valence-electron chi connectivity index (χ3n) is 5.95. The van der Waals surface area contributed by atoms with Crippen LogP contribution in [0, 0.1) is 5.92 Å². The Labute approximate surface area is 157 Å². The molecule has 5 heteroatoms. The van der Waals surface area contributed by atoms with Gasteiger partial charge in [0.1, 0.15) is 11.4 Å². The molecule has 0 saturated carbocycles. The molecule has 5 nitrogen and oxygen atoms in total. The molecular weight excluding hydrogens is 326 g/mol. The van der Waals surface area contributed by atoms with Crippen LogP contribution in [0.2, 0.25) is 0 Å². The fourth-order valence-corrected chi connectivity index (χ4v) is 4.28. The van der Waals surface area contributed by atoms with E-state index in [-0.39, 0.29) is 5.92 Å². The topological polar surface area (TPSA) is 56.8 Å². The van der Waals surface area contributed by atoms with E-state index in [2.05, 4.69) is 22.1 Å². The van der Waals surface area contributed by atoms with Gasteiger partial charge in [-0.25, -0.2) is 0 Å². The Morgan fingerprint density at radius 3 is 2.69 bits per heavy atom. The molecule has 3 rings (SSSR count). The maximum atomic E-state index is 11.5. The Hall–Kier alpha value is -1.40. The summed E-state index contributed by atoms with van der Waals surface area (Å²) in [6, 6.07) is 8.48. The minimum absolute atomic E-state index is 0.245. The van der Waals surface area contributed by atoms with Gasteiger partial charge in [-0.1, -0.05) is 18.2 Å². The lowest BCUT2D eigenvalue weighted by molar-refractivity contribution is -0.0560. The molecule has 144 valence electrons. The van der Waals surface area contributed by atoms with Crippen molar-refractivity contribution >= 4 is 0 Å². The summed E-state index contributed by atoms with van der Waals surface area (Å²) in [5, 5.41) is 18.4. The van der Waals surface area contributed by atoms with Crippen LogP contribution in [0.25, 0.3) is 0 Å². The maximum absolute atomic E-state index is 11.5. The van der Waals surface area contributed by atoms with Crippen LogP contribution in [-0.2, 0) is 5.60 Å². The monoisotopic (exact) mass is 359 g/mol. The first-order valence-corrected chi connectivity index (χ1v) is 9.80. The van der Waals surface area contributed by atoms with Gasteiger partial charge < -0.3 is 25.4 Å². The van der Waals surface area contributed by atoms with Crippen molar-refractivity contribution in [3.8, 4) is 5.75 Å². The molecule has 0 radical (unpaired) electrons. The lowest BCUT2D eigenvalue weighted by Crippen LogP contribution is -2.54. The van der Waals surface area contributed by atoms with E-state index in [9.17, 15) is 5.11 Å². The molecule has 2 atom stereocenters. The summed E-state index contributed by atoms with van der Waals surface area (Å²) in [5.74, 6) is 1.07. The van der Waals surface area contributed by atoms with Crippen molar-refractivity contribution < 1.29 is 9.84 Å². The van der Waals surface area contributed by atoms with Gasteiger partial charge in [0.15, 0.2) is 0 Å². The first-order chi connectivity index (χ1) is 12.7. The molecule has 0 amide bonds. The summed E-state index contributed by atoms with van der Waals surface area (Å²) in [7, 11) is 1.67. The molecule has 0 bridgehead atoms. The Kier molecular flexibility index (Phi) is 6.70. The number of nitrogens with zero attached hydrogens (tertiary/aromatic N) is 1. The van der Waals surface area contributed by atoms with E-state index in [0.29, 0.717) is 12.6 Å². The number of piperidine rings is 2. The highest BCUT2D eigenvalue weighted by molar-refractivity contribution is 5.32. The van der Waals surface area contributed by atoms with Gasteiger partial charge in [0.25, 0.3) is 0 Å². The molecule has 0 spiro atoms. The third-order valence-corrected chi connectivity index (χ3v) is 5.95. The average molecular weight is 360 g/mol. The van der Waals surface area contributed by atoms with Gasteiger partial charge in [0.2, 0.25) is 0 Å². The standard InChI is InChI=1S/C21H33N3O2/c1-3-11-23-19-9-13-24(14-10-19)15-18-8-12-22-16-21(18,25)17-4-6-20(26-2)7-5-17/h3-7,18-19,22-23,25H,1,8-16H2,2H3/t18-,21-/m0/s1. The number of likely N-dealkylation sites (tertiary alicyclic amines) is 1. The van der Waals surface area contributed by atoms with E-state index in [4.69, 9.17) is 4.74 Å². The molecule has 0 aliphatic carbocycles. The van der Waals surface area contributed by atoms with Crippen molar-refractivity contribution in [2.75, 3.05) is 46.4 Å². The van der Waals surface area contributed by atoms with Crippen molar-refractivity contribution in [3.63, 3.8) is 0 Å². The van der Waals surface area contributed by atoms with Crippen molar-refractivity contribution in [2.24, 2.45) is 5.92 Å². The highest BCUT2D eigenvalue weighted by atomic mass is 16.5. The number of methoxy groups -OCH3 is 1. The van der Waals surface area contributed by atoms with Crippen LogP contribution in [-0.4, -0.2) is 62.4 Å². The summed E-state index contributed by atoms with van der Waals surface area (Å²) in [6.07, 6.45) is 5.26. The Balaban J connectivity index is 1.62. The Morgan fingerprint density at radius 1 is 1.31 bits per heavy atom. The van der Waals surface area contributed by atoms with Crippen LogP contribution in [0.4, 0.5) is 0 Å². The Bertz CT molecular complexity index is 569. The highest BCUT2D eigenvalue weighted by Gasteiger charge is 2.41. The largest absolute Gasteiger partial charge is 0.497 e. The van der Waals surface area contributed by atoms with Crippen LogP contribution in [0.1, 0.15) is 24.8 Å². The molecule has 2 aliphatic rings. The molecule has 1 aromatic rings. The number of hydrogen-bond donors (Lipinski definition) is 3. The smallest absolute Gasteiger partial charge is 0.118 e. The average Bonchev–Trinajstić information content (AvgIpc) is 2.69. The van der Waals surface area contributed by atoms with E-state index in [1.165, 1.54) is 12.8 Å². The molecule has 2 aliphatic heterocycles. The zero-order chi connectivity index (χ0) is 18.4. The van der Waals surface area contributed by atoms with Gasteiger partial charge >= 0.3 is 0 Å². The highest BCUT2D eigenvalue weighted by Crippen LogP contribution is 2.35. The van der Waals surface area contributed by atoms with Gasteiger partial charge in [-0.15, -0.1) is 6.58 Å². The number of aliphatic hydroxyl groups is 1. The van der Waals surface area contributed by atoms with Crippen LogP contribution >= 0.6 is 0 Å². The van der Waals surface area contributed by atoms with Crippen molar-refractivity contribution in [3.05, 3.63) is 42.5 Å². The maximum Gasteiger partial charge on any atom is 0.118 e. The summed E-state index contributed by atoms with van der Waals surface area (Å²) in [4.78, 5) is 2.52. The zero-order valence-corrected chi connectivity index (χ0v) is 15.9. The minimum Gasteiger partial charge on any atom is -0.497 e. The predicted molar refractivity (Wildman–Crippen MR) is 106 cm³/mol. The first-order valence-electron chi connectivity index (χ1n) is 9.80. The summed E-state index contributed by atoms with van der Waals surface area (Å²) in [5.41, 5.74) is 0.167. The van der Waals surface area contributed by atoms with Gasteiger partial charge in [-0.3, -0.25) is 0 Å². The van der Waals surface area contributed by atoms with E-state index in [1.807, 2.05) is 30.3 Å². The van der Waals surface area contributed by atoms with E-state index >= 15 is 0 Å². The molecule has 0 aromatic heterocycles. The van der Waals surface area contributed by atoms with E-state index in [1.54, 1.807) is 7.11 Å². The van der Waals surface area contributed by atoms with Gasteiger partial charge in [0.05, 0.1) is 7.11 Å². The molecule has 2 saturated heterocycles.